The second-order valence-corrected chi connectivity index (χ2v) is 9.28. The number of nitrogens with one attached hydrogen (secondary N) is 1. The van der Waals surface area contributed by atoms with Crippen molar-refractivity contribution in [2.45, 2.75) is 58.0 Å². The van der Waals surface area contributed by atoms with Gasteiger partial charge in [-0.2, -0.15) is 4.49 Å². The second-order valence-electron chi connectivity index (χ2n) is 6.68. The molecule has 0 spiro atoms. The van der Waals surface area contributed by atoms with Crippen LogP contribution in [-0.4, -0.2) is 58.9 Å². The minimum absolute atomic E-state index is 0.0873. The third kappa shape index (κ3) is 4.61. The molecule has 2 rings (SSSR count). The van der Waals surface area contributed by atoms with Crippen LogP contribution in [0.25, 0.3) is 0 Å². The first-order valence-electron chi connectivity index (χ1n) is 8.24. The molecular weight excluding hydrogens is 347 g/mol. The number of hydrogen-bond donors (Lipinski definition) is 1. The Balaban J connectivity index is 1.99. The van der Waals surface area contributed by atoms with E-state index in [4.69, 9.17) is 34.2 Å². The number of ether oxygens (including phenoxy) is 2. The Bertz CT molecular complexity index is 476. The van der Waals surface area contributed by atoms with Gasteiger partial charge in [0.05, 0.1) is 24.9 Å². The van der Waals surface area contributed by atoms with Crippen LogP contribution in [-0.2, 0) is 23.1 Å². The molecule has 2 aliphatic heterocycles. The van der Waals surface area contributed by atoms with E-state index in [1.807, 2.05) is 27.7 Å². The largest absolute Gasteiger partial charge is 0.415 e. The third-order valence-corrected chi connectivity index (χ3v) is 7.64. The Labute approximate surface area is 152 Å². The Morgan fingerprint density at radius 1 is 1.08 bits per heavy atom. The third-order valence-electron chi connectivity index (χ3n) is 5.01. The summed E-state index contributed by atoms with van der Waals surface area (Å²) in [6.07, 6.45) is 0.877. The maximum Gasteiger partial charge on any atom is 0.415 e. The molecule has 24 heavy (non-hydrogen) atoms. The van der Waals surface area contributed by atoms with Crippen LogP contribution in [0.4, 0.5) is 0 Å². The molecule has 2 heterocycles. The molecule has 0 aliphatic carbocycles. The lowest BCUT2D eigenvalue weighted by atomic mass is 9.82. The van der Waals surface area contributed by atoms with Gasteiger partial charge < -0.3 is 9.47 Å². The highest BCUT2D eigenvalue weighted by Gasteiger charge is 2.44. The normalized spacial score (nSPS) is 45.4. The average Bonchev–Trinajstić information content (AvgIpc) is 2.90. The van der Waals surface area contributed by atoms with Gasteiger partial charge in [0.1, 0.15) is 15.7 Å². The van der Waals surface area contributed by atoms with Gasteiger partial charge in [-0.25, -0.2) is 4.57 Å². The van der Waals surface area contributed by atoms with Crippen molar-refractivity contribution in [1.82, 2.24) is 4.49 Å². The molecule has 6 nitrogen and oxygen atoms in total. The Hall–Kier alpha value is 0.510. The highest BCUT2D eigenvalue weighted by atomic mass is 32.2. The summed E-state index contributed by atoms with van der Waals surface area (Å²) in [5.41, 5.74) is 0. The fourth-order valence-electron chi connectivity index (χ4n) is 3.05. The molecule has 2 saturated heterocycles. The van der Waals surface area contributed by atoms with Crippen molar-refractivity contribution in [2.24, 2.45) is 17.8 Å². The van der Waals surface area contributed by atoms with Gasteiger partial charge in [-0.05, 0) is 25.0 Å². The summed E-state index contributed by atoms with van der Waals surface area (Å²) in [5.74, 6) is 0.341. The van der Waals surface area contributed by atoms with Crippen molar-refractivity contribution >= 4 is 35.4 Å². The minimum atomic E-state index is -3.53. The molecule has 1 N–H and O–H groups in total. The zero-order valence-electron chi connectivity index (χ0n) is 14.9. The van der Waals surface area contributed by atoms with Crippen LogP contribution in [0, 0.1) is 17.8 Å². The molecule has 0 aromatic heterocycles. The topological polar surface area (TPSA) is 66.0 Å². The zero-order chi connectivity index (χ0) is 18.1. The molecule has 134 valence electrons. The van der Waals surface area contributed by atoms with Gasteiger partial charge in [0.15, 0.2) is 0 Å². The lowest BCUT2D eigenvalue weighted by Gasteiger charge is -2.27. The van der Waals surface area contributed by atoms with Gasteiger partial charge in [0.2, 0.25) is 0 Å². The standard InChI is InChI=1S/C14H26B2NO5PS/c1-7-8(2)13(15)21-11(7)6-19-23(18,17-24-5)22-12-9(3)14(16)20-10(12)4/h7-14H,6H2,1-5H3,(H,17,18). The van der Waals surface area contributed by atoms with Crippen molar-refractivity contribution in [1.29, 1.82) is 0 Å². The van der Waals surface area contributed by atoms with E-state index in [9.17, 15) is 4.57 Å². The molecule has 0 bridgehead atoms. The van der Waals surface area contributed by atoms with E-state index in [1.54, 1.807) is 6.26 Å². The Morgan fingerprint density at radius 3 is 2.17 bits per heavy atom. The maximum atomic E-state index is 13.0. The van der Waals surface area contributed by atoms with Gasteiger partial charge in [-0.3, -0.25) is 9.05 Å². The Kier molecular flexibility index (Phi) is 7.34. The molecular formula is C14H26B2NO5PS. The smallest absolute Gasteiger partial charge is 0.382 e. The van der Waals surface area contributed by atoms with Crippen molar-refractivity contribution in [3.05, 3.63) is 0 Å². The fraction of sp³-hybridized carbons (Fsp3) is 1.00. The molecule has 2 fully saturated rings. The molecule has 0 aromatic carbocycles. The van der Waals surface area contributed by atoms with Gasteiger partial charge in [-0.15, -0.1) is 0 Å². The first-order valence-corrected chi connectivity index (χ1v) is 11.0. The lowest BCUT2D eigenvalue weighted by molar-refractivity contribution is 0.0163. The predicted octanol–water partition coefficient (Wildman–Crippen LogP) is 2.08. The van der Waals surface area contributed by atoms with Crippen LogP contribution in [0.5, 0.6) is 0 Å². The number of hydrogen-bond acceptors (Lipinski definition) is 6. The minimum Gasteiger partial charge on any atom is -0.382 e. The van der Waals surface area contributed by atoms with E-state index in [0.717, 1.165) is 0 Å². The van der Waals surface area contributed by atoms with E-state index >= 15 is 0 Å². The van der Waals surface area contributed by atoms with Crippen molar-refractivity contribution in [3.8, 4) is 0 Å². The average molecular weight is 373 g/mol. The summed E-state index contributed by atoms with van der Waals surface area (Å²) in [6, 6.07) is -0.770. The molecule has 0 aromatic rings. The molecule has 9 atom stereocenters. The summed E-state index contributed by atoms with van der Waals surface area (Å²) in [4.78, 5) is 0. The summed E-state index contributed by atoms with van der Waals surface area (Å²) in [7, 11) is 8.26. The van der Waals surface area contributed by atoms with E-state index in [2.05, 4.69) is 4.49 Å². The summed E-state index contributed by atoms with van der Waals surface area (Å²) in [5, 5.41) is 0. The Morgan fingerprint density at radius 2 is 1.71 bits per heavy atom. The maximum absolute atomic E-state index is 13.0. The summed E-state index contributed by atoms with van der Waals surface area (Å²) < 4.78 is 38.4. The highest BCUT2D eigenvalue weighted by molar-refractivity contribution is 8.01. The van der Waals surface area contributed by atoms with Gasteiger partial charge in [0.25, 0.3) is 0 Å². The molecule has 2 aliphatic rings. The fourth-order valence-corrected chi connectivity index (χ4v) is 5.41. The summed E-state index contributed by atoms with van der Waals surface area (Å²) >= 11 is 1.18. The molecule has 9 unspecified atom stereocenters. The second kappa shape index (κ2) is 8.47. The van der Waals surface area contributed by atoms with E-state index in [-0.39, 0.29) is 42.6 Å². The molecule has 0 amide bonds. The van der Waals surface area contributed by atoms with Gasteiger partial charge in [-0.1, -0.05) is 32.7 Å². The highest BCUT2D eigenvalue weighted by Crippen LogP contribution is 2.50. The van der Waals surface area contributed by atoms with Gasteiger partial charge >= 0.3 is 7.75 Å². The van der Waals surface area contributed by atoms with E-state index in [1.165, 1.54) is 11.9 Å². The van der Waals surface area contributed by atoms with Crippen LogP contribution in [0.1, 0.15) is 27.7 Å². The zero-order valence-corrected chi connectivity index (χ0v) is 16.6. The van der Waals surface area contributed by atoms with Crippen LogP contribution >= 0.6 is 19.7 Å². The molecule has 4 radical (unpaired) electrons. The van der Waals surface area contributed by atoms with Gasteiger partial charge in [0, 0.05) is 17.9 Å². The van der Waals surface area contributed by atoms with Crippen LogP contribution in [0.3, 0.4) is 0 Å². The van der Waals surface area contributed by atoms with Crippen LogP contribution in [0.15, 0.2) is 0 Å². The van der Waals surface area contributed by atoms with Crippen molar-refractivity contribution in [3.63, 3.8) is 0 Å². The van der Waals surface area contributed by atoms with Crippen LogP contribution < -0.4 is 4.49 Å². The monoisotopic (exact) mass is 373 g/mol. The summed E-state index contributed by atoms with van der Waals surface area (Å²) in [6.45, 7) is 7.98. The first-order chi connectivity index (χ1) is 11.2. The molecule has 0 saturated carbocycles. The SMILES string of the molecule is [B]C1OC(COP(=O)(NSC)OC2C(C)OC([B])C2C)C(C)C1C. The van der Waals surface area contributed by atoms with E-state index < -0.39 is 19.9 Å². The molecule has 10 heteroatoms. The first kappa shape index (κ1) is 20.8. The van der Waals surface area contributed by atoms with E-state index in [0.29, 0.717) is 0 Å². The van der Waals surface area contributed by atoms with Crippen molar-refractivity contribution in [2.75, 3.05) is 12.9 Å². The lowest BCUT2D eigenvalue weighted by Crippen LogP contribution is -2.30. The predicted molar refractivity (Wildman–Crippen MR) is 97.1 cm³/mol. The number of rotatable bonds is 7. The van der Waals surface area contributed by atoms with Crippen molar-refractivity contribution < 1.29 is 23.1 Å². The quantitative estimate of drug-likeness (QED) is 0.417. The van der Waals surface area contributed by atoms with Crippen LogP contribution in [0.2, 0.25) is 0 Å².